The summed E-state index contributed by atoms with van der Waals surface area (Å²) in [5.74, 6) is 1.74. The van der Waals surface area contributed by atoms with Crippen LogP contribution in [0.2, 0.25) is 0 Å². The minimum absolute atomic E-state index is 0.354. The van der Waals surface area contributed by atoms with Crippen LogP contribution in [0.5, 0.6) is 0 Å². The zero-order valence-electron chi connectivity index (χ0n) is 15.2. The van der Waals surface area contributed by atoms with Crippen LogP contribution in [0.3, 0.4) is 0 Å². The van der Waals surface area contributed by atoms with Gasteiger partial charge < -0.3 is 15.1 Å². The van der Waals surface area contributed by atoms with Crippen LogP contribution in [-0.2, 0) is 0 Å². The first-order valence-corrected chi connectivity index (χ1v) is 8.91. The maximum absolute atomic E-state index is 3.98. The van der Waals surface area contributed by atoms with Crippen LogP contribution in [0, 0.1) is 17.3 Å². The lowest BCUT2D eigenvalue weighted by molar-refractivity contribution is 0.0250. The lowest BCUT2D eigenvalue weighted by atomic mass is 9.72. The molecule has 0 amide bonds. The Morgan fingerprint density at radius 3 is 2.19 bits per heavy atom. The molecule has 0 aromatic carbocycles. The van der Waals surface area contributed by atoms with E-state index in [9.17, 15) is 0 Å². The molecule has 2 aliphatic rings. The van der Waals surface area contributed by atoms with Gasteiger partial charge in [0.25, 0.3) is 0 Å². The molecule has 0 aromatic rings. The molecule has 2 rings (SSSR count). The van der Waals surface area contributed by atoms with Gasteiger partial charge in [-0.15, -0.1) is 0 Å². The summed E-state index contributed by atoms with van der Waals surface area (Å²) in [6, 6.07) is 1.47. The zero-order chi connectivity index (χ0) is 15.6. The van der Waals surface area contributed by atoms with Crippen molar-refractivity contribution in [3.8, 4) is 0 Å². The van der Waals surface area contributed by atoms with Crippen molar-refractivity contribution in [1.29, 1.82) is 0 Å². The third-order valence-corrected chi connectivity index (χ3v) is 5.39. The highest BCUT2D eigenvalue weighted by Crippen LogP contribution is 2.36. The Bertz CT molecular complexity index is 310. The highest BCUT2D eigenvalue weighted by molar-refractivity contribution is 4.96. The molecule has 2 unspecified atom stereocenters. The molecule has 1 saturated heterocycles. The van der Waals surface area contributed by atoms with Crippen molar-refractivity contribution in [2.24, 2.45) is 17.3 Å². The van der Waals surface area contributed by atoms with E-state index in [2.05, 4.69) is 56.9 Å². The van der Waals surface area contributed by atoms with Gasteiger partial charge in [0.05, 0.1) is 0 Å². The van der Waals surface area contributed by atoms with E-state index >= 15 is 0 Å². The Morgan fingerprint density at radius 2 is 1.71 bits per heavy atom. The van der Waals surface area contributed by atoms with E-state index in [0.29, 0.717) is 11.5 Å². The van der Waals surface area contributed by atoms with Gasteiger partial charge in [0.15, 0.2) is 0 Å². The summed E-state index contributed by atoms with van der Waals surface area (Å²) in [5, 5.41) is 3.98. The van der Waals surface area contributed by atoms with Crippen LogP contribution in [0.15, 0.2) is 0 Å². The molecule has 1 saturated carbocycles. The molecule has 1 N–H and O–H groups in total. The fourth-order valence-electron chi connectivity index (χ4n) is 4.53. The zero-order valence-corrected chi connectivity index (χ0v) is 15.2. The Balaban J connectivity index is 1.91. The molecular weight excluding hydrogens is 258 g/mol. The molecule has 124 valence electrons. The van der Waals surface area contributed by atoms with Crippen LogP contribution in [0.4, 0.5) is 0 Å². The summed E-state index contributed by atoms with van der Waals surface area (Å²) >= 11 is 0. The van der Waals surface area contributed by atoms with Crippen LogP contribution in [-0.4, -0.2) is 62.2 Å². The van der Waals surface area contributed by atoms with Gasteiger partial charge in [0.1, 0.15) is 0 Å². The van der Waals surface area contributed by atoms with Crippen LogP contribution in [0.1, 0.15) is 47.0 Å². The molecule has 1 aliphatic carbocycles. The predicted molar refractivity (Wildman–Crippen MR) is 91.7 cm³/mol. The molecular formula is C18H37N3. The number of nitrogens with zero attached hydrogens (tertiary/aromatic N) is 2. The highest BCUT2D eigenvalue weighted by Gasteiger charge is 2.40. The fourth-order valence-corrected chi connectivity index (χ4v) is 4.53. The Hall–Kier alpha value is -0.120. The maximum Gasteiger partial charge on any atom is 0.0148 e. The largest absolute Gasteiger partial charge is 0.313 e. The van der Waals surface area contributed by atoms with Gasteiger partial charge in [0, 0.05) is 38.3 Å². The average Bonchev–Trinajstić information content (AvgIpc) is 2.33. The highest BCUT2D eigenvalue weighted by atomic mass is 15.2. The van der Waals surface area contributed by atoms with Crippen LogP contribution < -0.4 is 5.32 Å². The van der Waals surface area contributed by atoms with Crippen molar-refractivity contribution in [3.05, 3.63) is 0 Å². The number of rotatable bonds is 6. The monoisotopic (exact) mass is 295 g/mol. The van der Waals surface area contributed by atoms with E-state index in [1.807, 2.05) is 0 Å². The van der Waals surface area contributed by atoms with Crippen molar-refractivity contribution < 1.29 is 0 Å². The third-order valence-electron chi connectivity index (χ3n) is 5.39. The lowest BCUT2D eigenvalue weighted by Crippen LogP contribution is -2.59. The van der Waals surface area contributed by atoms with Crippen molar-refractivity contribution >= 4 is 0 Å². The molecule has 0 aromatic heterocycles. The number of fused-ring (bicyclic) bond motifs is 2. The Morgan fingerprint density at radius 1 is 1.14 bits per heavy atom. The molecule has 2 fully saturated rings. The maximum atomic E-state index is 3.98. The SMILES string of the molecule is CC(C)N1CC2CCCC(C1)C2NCC(C)(C)CN(C)C. The molecule has 3 nitrogen and oxygen atoms in total. The first-order chi connectivity index (χ1) is 9.78. The summed E-state index contributed by atoms with van der Waals surface area (Å²) in [5.41, 5.74) is 0.354. The van der Waals surface area contributed by atoms with Crippen molar-refractivity contribution in [1.82, 2.24) is 15.1 Å². The number of piperidine rings is 1. The van der Waals surface area contributed by atoms with Gasteiger partial charge in [0.2, 0.25) is 0 Å². The van der Waals surface area contributed by atoms with E-state index in [1.54, 1.807) is 0 Å². The molecule has 2 bridgehead atoms. The van der Waals surface area contributed by atoms with Crippen LogP contribution in [0.25, 0.3) is 0 Å². The Labute approximate surface area is 132 Å². The van der Waals surface area contributed by atoms with E-state index < -0.39 is 0 Å². The third kappa shape index (κ3) is 4.67. The summed E-state index contributed by atoms with van der Waals surface area (Å²) < 4.78 is 0. The average molecular weight is 296 g/mol. The predicted octanol–water partition coefficient (Wildman–Crippen LogP) is 2.67. The first-order valence-electron chi connectivity index (χ1n) is 8.91. The molecule has 1 heterocycles. The second kappa shape index (κ2) is 6.97. The number of hydrogen-bond acceptors (Lipinski definition) is 3. The van der Waals surface area contributed by atoms with Gasteiger partial charge in [-0.05, 0) is 58.0 Å². The van der Waals surface area contributed by atoms with Gasteiger partial charge in [-0.1, -0.05) is 20.3 Å². The van der Waals surface area contributed by atoms with E-state index in [1.165, 1.54) is 32.4 Å². The van der Waals surface area contributed by atoms with Crippen molar-refractivity contribution in [2.75, 3.05) is 40.3 Å². The summed E-state index contributed by atoms with van der Waals surface area (Å²) in [4.78, 5) is 5.02. The number of nitrogens with one attached hydrogen (secondary N) is 1. The standard InChI is InChI=1S/C18H37N3/c1-14(2)21-10-15-8-7-9-16(11-21)17(15)19-12-18(3,4)13-20(5)6/h14-17,19H,7-13H2,1-6H3. The lowest BCUT2D eigenvalue weighted by Gasteiger charge is -2.49. The van der Waals surface area contributed by atoms with Crippen molar-refractivity contribution in [2.45, 2.75) is 59.0 Å². The smallest absolute Gasteiger partial charge is 0.0148 e. The summed E-state index contributed by atoms with van der Waals surface area (Å²) in [6.07, 6.45) is 4.29. The minimum Gasteiger partial charge on any atom is -0.313 e. The van der Waals surface area contributed by atoms with Gasteiger partial charge in [-0.25, -0.2) is 0 Å². The molecule has 0 radical (unpaired) electrons. The molecule has 0 spiro atoms. The summed E-state index contributed by atoms with van der Waals surface area (Å²) in [7, 11) is 4.36. The normalized spacial score (nSPS) is 31.1. The van der Waals surface area contributed by atoms with E-state index in [-0.39, 0.29) is 0 Å². The van der Waals surface area contributed by atoms with E-state index in [0.717, 1.165) is 31.0 Å². The molecule has 3 heteroatoms. The second-order valence-corrected chi connectivity index (χ2v) is 8.81. The number of likely N-dealkylation sites (tertiary alicyclic amines) is 1. The van der Waals surface area contributed by atoms with Gasteiger partial charge >= 0.3 is 0 Å². The Kier molecular flexibility index (Phi) is 5.72. The summed E-state index contributed by atoms with van der Waals surface area (Å²) in [6.45, 7) is 14.4. The van der Waals surface area contributed by atoms with Crippen molar-refractivity contribution in [3.63, 3.8) is 0 Å². The fraction of sp³-hybridized carbons (Fsp3) is 1.00. The second-order valence-electron chi connectivity index (χ2n) is 8.81. The molecule has 2 atom stereocenters. The molecule has 1 aliphatic heterocycles. The topological polar surface area (TPSA) is 18.5 Å². The molecule has 21 heavy (non-hydrogen) atoms. The quantitative estimate of drug-likeness (QED) is 0.813. The first kappa shape index (κ1) is 17.2. The van der Waals surface area contributed by atoms with Crippen LogP contribution >= 0.6 is 0 Å². The van der Waals surface area contributed by atoms with Gasteiger partial charge in [-0.3, -0.25) is 0 Å². The number of hydrogen-bond donors (Lipinski definition) is 1. The minimum atomic E-state index is 0.354. The van der Waals surface area contributed by atoms with E-state index in [4.69, 9.17) is 0 Å². The van der Waals surface area contributed by atoms with Gasteiger partial charge in [-0.2, -0.15) is 0 Å².